The van der Waals surface area contributed by atoms with Crippen molar-refractivity contribution in [2.45, 2.75) is 19.4 Å². The molecule has 8 nitrogen and oxygen atoms in total. The summed E-state index contributed by atoms with van der Waals surface area (Å²) in [6, 6.07) is 14.0. The van der Waals surface area contributed by atoms with Crippen LogP contribution in [0.1, 0.15) is 13.3 Å². The molecule has 8 heteroatoms. The van der Waals surface area contributed by atoms with Gasteiger partial charge in [0.2, 0.25) is 17.7 Å². The van der Waals surface area contributed by atoms with Gasteiger partial charge >= 0.3 is 0 Å². The molecule has 0 radical (unpaired) electrons. The van der Waals surface area contributed by atoms with Crippen LogP contribution in [0.2, 0.25) is 0 Å². The highest BCUT2D eigenvalue weighted by molar-refractivity contribution is 6.05. The van der Waals surface area contributed by atoms with E-state index < -0.39 is 0 Å². The van der Waals surface area contributed by atoms with Crippen molar-refractivity contribution in [3.8, 4) is 5.75 Å². The number of carbonyl (C=O) groups is 3. The van der Waals surface area contributed by atoms with Gasteiger partial charge in [0, 0.05) is 18.2 Å². The Balaban J connectivity index is 1.63. The second kappa shape index (κ2) is 9.41. The van der Waals surface area contributed by atoms with E-state index in [4.69, 9.17) is 4.74 Å². The lowest BCUT2D eigenvalue weighted by atomic mass is 10.1. The highest BCUT2D eigenvalue weighted by atomic mass is 16.5. The average Bonchev–Trinajstić information content (AvgIpc) is 2.82. The van der Waals surface area contributed by atoms with Gasteiger partial charge in [-0.15, -0.1) is 0 Å². The van der Waals surface area contributed by atoms with Crippen molar-refractivity contribution in [2.24, 2.45) is 0 Å². The number of hydrogen-bond acceptors (Lipinski definition) is 5. The van der Waals surface area contributed by atoms with Gasteiger partial charge in [0.05, 0.1) is 31.6 Å². The van der Waals surface area contributed by atoms with Gasteiger partial charge in [-0.3, -0.25) is 19.3 Å². The maximum Gasteiger partial charge on any atom is 0.241 e. The van der Waals surface area contributed by atoms with Crippen LogP contribution in [0, 0.1) is 0 Å². The molecule has 2 aromatic carbocycles. The molecule has 0 aromatic heterocycles. The zero-order valence-electron chi connectivity index (χ0n) is 17.3. The molecule has 2 N–H and O–H groups in total. The number of methoxy groups -OCH3 is 1. The van der Waals surface area contributed by atoms with Gasteiger partial charge in [-0.1, -0.05) is 12.1 Å². The minimum Gasteiger partial charge on any atom is -0.497 e. The first-order valence-corrected chi connectivity index (χ1v) is 9.70. The third-order valence-corrected chi connectivity index (χ3v) is 4.82. The molecule has 0 bridgehead atoms. The van der Waals surface area contributed by atoms with Gasteiger partial charge in [0.25, 0.3) is 0 Å². The summed E-state index contributed by atoms with van der Waals surface area (Å²) in [6.45, 7) is 1.94. The Morgan fingerprint density at radius 1 is 1.17 bits per heavy atom. The van der Waals surface area contributed by atoms with Crippen LogP contribution < -0.4 is 20.3 Å². The topological polar surface area (TPSA) is 91.0 Å². The second-order valence-corrected chi connectivity index (χ2v) is 7.33. The van der Waals surface area contributed by atoms with Crippen molar-refractivity contribution < 1.29 is 19.1 Å². The van der Waals surface area contributed by atoms with Crippen molar-refractivity contribution in [3.63, 3.8) is 0 Å². The summed E-state index contributed by atoms with van der Waals surface area (Å²) >= 11 is 0. The molecular formula is C22H26N4O4. The van der Waals surface area contributed by atoms with Gasteiger partial charge in [-0.25, -0.2) is 0 Å². The molecule has 0 aliphatic carbocycles. The fraction of sp³-hybridized carbons (Fsp3) is 0.318. The SMILES string of the molecule is COc1ccc(NC(=O)CN(C)CC(=O)N2c3ccccc3NC(=O)C[C@H]2C)cc1. The number of amides is 3. The van der Waals surface area contributed by atoms with Crippen LogP contribution >= 0.6 is 0 Å². The molecule has 1 heterocycles. The van der Waals surface area contributed by atoms with E-state index in [9.17, 15) is 14.4 Å². The first-order valence-electron chi connectivity index (χ1n) is 9.70. The lowest BCUT2D eigenvalue weighted by Gasteiger charge is -2.29. The van der Waals surface area contributed by atoms with Crippen LogP contribution in [0.15, 0.2) is 48.5 Å². The molecule has 0 fully saturated rings. The Hall–Kier alpha value is -3.39. The minimum absolute atomic E-state index is 0.0445. The minimum atomic E-state index is -0.289. The predicted molar refractivity (Wildman–Crippen MR) is 116 cm³/mol. The molecular weight excluding hydrogens is 384 g/mol. The summed E-state index contributed by atoms with van der Waals surface area (Å²) in [4.78, 5) is 40.7. The molecule has 1 atom stereocenters. The van der Waals surface area contributed by atoms with E-state index in [0.29, 0.717) is 22.8 Å². The summed E-state index contributed by atoms with van der Waals surface area (Å²) in [5, 5.41) is 5.64. The molecule has 0 saturated carbocycles. The number of nitrogens with zero attached hydrogens (tertiary/aromatic N) is 2. The predicted octanol–water partition coefficient (Wildman–Crippen LogP) is 2.33. The molecule has 1 aliphatic heterocycles. The maximum absolute atomic E-state index is 13.1. The molecule has 0 spiro atoms. The van der Waals surface area contributed by atoms with E-state index in [1.165, 1.54) is 0 Å². The normalized spacial score (nSPS) is 15.8. The van der Waals surface area contributed by atoms with E-state index in [-0.39, 0.29) is 43.3 Å². The van der Waals surface area contributed by atoms with Crippen LogP contribution in [0.3, 0.4) is 0 Å². The molecule has 30 heavy (non-hydrogen) atoms. The maximum atomic E-state index is 13.1. The molecule has 3 rings (SSSR count). The molecule has 0 unspecified atom stereocenters. The quantitative estimate of drug-likeness (QED) is 0.763. The molecule has 3 amide bonds. The van der Waals surface area contributed by atoms with E-state index in [2.05, 4.69) is 10.6 Å². The van der Waals surface area contributed by atoms with Gasteiger partial charge in [-0.2, -0.15) is 0 Å². The van der Waals surface area contributed by atoms with E-state index in [1.54, 1.807) is 54.3 Å². The van der Waals surface area contributed by atoms with Crippen LogP contribution in [-0.2, 0) is 14.4 Å². The number of hydrogen-bond donors (Lipinski definition) is 2. The van der Waals surface area contributed by atoms with Crippen LogP contribution in [0.25, 0.3) is 0 Å². The Kier molecular flexibility index (Phi) is 6.68. The highest BCUT2D eigenvalue weighted by Crippen LogP contribution is 2.31. The monoisotopic (exact) mass is 410 g/mol. The molecule has 1 aliphatic rings. The van der Waals surface area contributed by atoms with Gasteiger partial charge in [0.15, 0.2) is 0 Å². The molecule has 0 saturated heterocycles. The van der Waals surface area contributed by atoms with E-state index >= 15 is 0 Å². The van der Waals surface area contributed by atoms with Crippen molar-refractivity contribution in [2.75, 3.05) is 42.8 Å². The third kappa shape index (κ3) is 5.15. The van der Waals surface area contributed by atoms with Crippen LogP contribution in [0.5, 0.6) is 5.75 Å². The lowest BCUT2D eigenvalue weighted by Crippen LogP contribution is -2.45. The van der Waals surface area contributed by atoms with Gasteiger partial charge < -0.3 is 20.3 Å². The van der Waals surface area contributed by atoms with Crippen molar-refractivity contribution in [3.05, 3.63) is 48.5 Å². The number of carbonyl (C=O) groups excluding carboxylic acids is 3. The van der Waals surface area contributed by atoms with Crippen LogP contribution in [0.4, 0.5) is 17.1 Å². The highest BCUT2D eigenvalue weighted by Gasteiger charge is 2.30. The largest absolute Gasteiger partial charge is 0.497 e. The Labute approximate surface area is 175 Å². The Bertz CT molecular complexity index is 929. The fourth-order valence-corrected chi connectivity index (χ4v) is 3.45. The number of anilines is 3. The fourth-order valence-electron chi connectivity index (χ4n) is 3.45. The molecule has 158 valence electrons. The Morgan fingerprint density at radius 2 is 1.87 bits per heavy atom. The summed E-state index contributed by atoms with van der Waals surface area (Å²) in [5.74, 6) is 0.177. The summed E-state index contributed by atoms with van der Waals surface area (Å²) in [6.07, 6.45) is 0.210. The van der Waals surface area contributed by atoms with Crippen molar-refractivity contribution in [1.82, 2.24) is 4.90 Å². The standard InChI is InChI=1S/C22H26N4O4/c1-15-12-20(27)24-18-6-4-5-7-19(18)26(15)22(29)14-25(2)13-21(28)23-16-8-10-17(30-3)11-9-16/h4-11,15H,12-14H2,1-3H3,(H,23,28)(H,24,27)/t15-/m1/s1. The number of rotatable bonds is 6. The third-order valence-electron chi connectivity index (χ3n) is 4.82. The summed E-state index contributed by atoms with van der Waals surface area (Å²) in [7, 11) is 3.29. The number of ether oxygens (including phenoxy) is 1. The first kappa shape index (κ1) is 21.3. The van der Waals surface area contributed by atoms with Gasteiger partial charge in [-0.05, 0) is 50.4 Å². The number of likely N-dealkylation sites (N-methyl/N-ethyl adjacent to an activating group) is 1. The average molecular weight is 410 g/mol. The summed E-state index contributed by atoms with van der Waals surface area (Å²) < 4.78 is 5.10. The molecule has 2 aromatic rings. The van der Waals surface area contributed by atoms with Crippen LogP contribution in [-0.4, -0.2) is 55.9 Å². The van der Waals surface area contributed by atoms with Crippen molar-refractivity contribution >= 4 is 34.8 Å². The van der Waals surface area contributed by atoms with E-state index in [0.717, 1.165) is 0 Å². The smallest absolute Gasteiger partial charge is 0.241 e. The second-order valence-electron chi connectivity index (χ2n) is 7.33. The van der Waals surface area contributed by atoms with Gasteiger partial charge in [0.1, 0.15) is 5.75 Å². The lowest BCUT2D eigenvalue weighted by molar-refractivity contribution is -0.121. The summed E-state index contributed by atoms with van der Waals surface area (Å²) in [5.41, 5.74) is 1.93. The Morgan fingerprint density at radius 3 is 2.57 bits per heavy atom. The van der Waals surface area contributed by atoms with Crippen molar-refractivity contribution in [1.29, 1.82) is 0 Å². The zero-order chi connectivity index (χ0) is 21.7. The number of fused-ring (bicyclic) bond motifs is 1. The first-order chi connectivity index (χ1) is 14.4. The number of benzene rings is 2. The zero-order valence-corrected chi connectivity index (χ0v) is 17.3. The number of nitrogens with one attached hydrogen (secondary N) is 2. The number of para-hydroxylation sites is 2. The van der Waals surface area contributed by atoms with E-state index in [1.807, 2.05) is 25.1 Å².